The summed E-state index contributed by atoms with van der Waals surface area (Å²) in [6, 6.07) is 13.3. The van der Waals surface area contributed by atoms with Crippen molar-refractivity contribution in [2.24, 2.45) is 0 Å². The van der Waals surface area contributed by atoms with E-state index in [-0.39, 0.29) is 12.1 Å². The molecule has 0 atom stereocenters. The fraction of sp³-hybridized carbons (Fsp3) is 0.211. The number of nitrogens with one attached hydrogen (secondary N) is 1. The Bertz CT molecular complexity index is 856. The molecule has 1 N–H and O–H groups in total. The van der Waals surface area contributed by atoms with Gasteiger partial charge in [0.15, 0.2) is 0 Å². The van der Waals surface area contributed by atoms with Gasteiger partial charge in [-0.3, -0.25) is 0 Å². The van der Waals surface area contributed by atoms with Crippen LogP contribution in [0.5, 0.6) is 0 Å². The monoisotopic (exact) mass is 346 g/mol. The first-order valence-electron chi connectivity index (χ1n) is 7.81. The van der Waals surface area contributed by atoms with E-state index in [4.69, 9.17) is 4.42 Å². The van der Waals surface area contributed by atoms with Gasteiger partial charge in [0.2, 0.25) is 5.89 Å². The highest BCUT2D eigenvalue weighted by Gasteiger charge is 2.32. The van der Waals surface area contributed by atoms with Crippen LogP contribution in [-0.4, -0.2) is 4.98 Å². The molecule has 0 spiro atoms. The molecule has 0 fully saturated rings. The Balaban J connectivity index is 1.66. The molecule has 6 heteroatoms. The average molecular weight is 346 g/mol. The van der Waals surface area contributed by atoms with Gasteiger partial charge in [0, 0.05) is 18.7 Å². The van der Waals surface area contributed by atoms with Crippen molar-refractivity contribution >= 4 is 0 Å². The normalized spacial score (nSPS) is 11.7. The molecular weight excluding hydrogens is 329 g/mol. The Labute approximate surface area is 143 Å². The molecule has 130 valence electrons. The van der Waals surface area contributed by atoms with E-state index in [0.29, 0.717) is 18.1 Å². The summed E-state index contributed by atoms with van der Waals surface area (Å²) in [6.45, 7) is 2.38. The molecule has 25 heavy (non-hydrogen) atoms. The van der Waals surface area contributed by atoms with E-state index in [0.717, 1.165) is 17.2 Å². The quantitative estimate of drug-likeness (QED) is 0.710. The Morgan fingerprint density at radius 3 is 2.48 bits per heavy atom. The Morgan fingerprint density at radius 2 is 1.72 bits per heavy atom. The molecule has 1 aromatic heterocycles. The Morgan fingerprint density at radius 1 is 1.00 bits per heavy atom. The minimum absolute atomic E-state index is 0.0994. The summed E-state index contributed by atoms with van der Waals surface area (Å²) in [5, 5.41) is 2.99. The number of halogens is 3. The maximum atomic E-state index is 13.0. The molecule has 3 aromatic rings. The van der Waals surface area contributed by atoms with Gasteiger partial charge in [-0.2, -0.15) is 13.2 Å². The minimum Gasteiger partial charge on any atom is -0.444 e. The van der Waals surface area contributed by atoms with E-state index >= 15 is 0 Å². The van der Waals surface area contributed by atoms with Crippen LogP contribution in [0.2, 0.25) is 0 Å². The summed E-state index contributed by atoms with van der Waals surface area (Å²) in [4.78, 5) is 4.39. The van der Waals surface area contributed by atoms with Crippen LogP contribution in [0.15, 0.2) is 59.2 Å². The van der Waals surface area contributed by atoms with Crippen LogP contribution < -0.4 is 5.32 Å². The van der Waals surface area contributed by atoms with Crippen molar-refractivity contribution in [3.63, 3.8) is 0 Å². The highest BCUT2D eigenvalue weighted by atomic mass is 19.4. The number of aromatic nitrogens is 1. The largest absolute Gasteiger partial charge is 0.444 e. The zero-order valence-corrected chi connectivity index (χ0v) is 13.6. The van der Waals surface area contributed by atoms with Gasteiger partial charge in [-0.15, -0.1) is 0 Å². The summed E-state index contributed by atoms with van der Waals surface area (Å²) in [5.74, 6) is 0.505. The van der Waals surface area contributed by atoms with Crippen molar-refractivity contribution in [1.82, 2.24) is 10.3 Å². The molecule has 0 unspecified atom stereocenters. The van der Waals surface area contributed by atoms with Gasteiger partial charge in [0.1, 0.15) is 6.26 Å². The van der Waals surface area contributed by atoms with E-state index in [1.165, 1.54) is 18.4 Å². The maximum absolute atomic E-state index is 13.0. The molecule has 0 amide bonds. The molecule has 0 aliphatic rings. The first kappa shape index (κ1) is 17.2. The highest BCUT2D eigenvalue weighted by Crippen LogP contribution is 2.31. The van der Waals surface area contributed by atoms with Crippen molar-refractivity contribution in [1.29, 1.82) is 0 Å². The van der Waals surface area contributed by atoms with Crippen LogP contribution in [0.1, 0.15) is 22.4 Å². The number of rotatable bonds is 5. The molecule has 3 nitrogen and oxygen atoms in total. The lowest BCUT2D eigenvalue weighted by Crippen LogP contribution is -2.17. The number of aryl methyl sites for hydroxylation is 1. The topological polar surface area (TPSA) is 38.1 Å². The van der Waals surface area contributed by atoms with Crippen LogP contribution in [-0.2, 0) is 19.3 Å². The Kier molecular flexibility index (Phi) is 4.90. The second kappa shape index (κ2) is 7.11. The van der Waals surface area contributed by atoms with E-state index in [9.17, 15) is 13.2 Å². The number of hydrogen-bond donors (Lipinski definition) is 1. The first-order chi connectivity index (χ1) is 11.9. The van der Waals surface area contributed by atoms with Crippen molar-refractivity contribution in [3.05, 3.63) is 77.2 Å². The molecule has 0 bridgehead atoms. The third kappa shape index (κ3) is 4.09. The van der Waals surface area contributed by atoms with Crippen molar-refractivity contribution in [3.8, 4) is 11.5 Å². The molecular formula is C19H17F3N2O. The minimum atomic E-state index is -4.36. The summed E-state index contributed by atoms with van der Waals surface area (Å²) in [6.07, 6.45) is -2.84. The number of oxazole rings is 1. The molecule has 3 rings (SSSR count). The summed E-state index contributed by atoms with van der Waals surface area (Å²) < 4.78 is 44.4. The van der Waals surface area contributed by atoms with Crippen molar-refractivity contribution in [2.75, 3.05) is 0 Å². The van der Waals surface area contributed by atoms with Gasteiger partial charge in [0.05, 0.1) is 11.3 Å². The maximum Gasteiger partial charge on any atom is 0.416 e. The predicted molar refractivity (Wildman–Crippen MR) is 88.7 cm³/mol. The summed E-state index contributed by atoms with van der Waals surface area (Å²) in [5.41, 5.74) is 2.17. The SMILES string of the molecule is Cc1ccccc1-c1nc(CNCc2ccccc2C(F)(F)F)co1. The van der Waals surface area contributed by atoms with Gasteiger partial charge in [0.25, 0.3) is 0 Å². The standard InChI is InChI=1S/C19H17F3N2O/c1-13-6-2-4-8-16(13)18-24-15(12-25-18)11-23-10-14-7-3-5-9-17(14)19(20,21)22/h2-9,12,23H,10-11H2,1H3. The predicted octanol–water partition coefficient (Wildman–Crippen LogP) is 4.96. The molecule has 0 aliphatic heterocycles. The molecule has 0 radical (unpaired) electrons. The van der Waals surface area contributed by atoms with Crippen LogP contribution >= 0.6 is 0 Å². The van der Waals surface area contributed by atoms with Crippen LogP contribution in [0.4, 0.5) is 13.2 Å². The van der Waals surface area contributed by atoms with Gasteiger partial charge in [-0.25, -0.2) is 4.98 Å². The average Bonchev–Trinajstić information content (AvgIpc) is 3.03. The fourth-order valence-electron chi connectivity index (χ4n) is 2.60. The van der Waals surface area contributed by atoms with Gasteiger partial charge < -0.3 is 9.73 Å². The lowest BCUT2D eigenvalue weighted by atomic mass is 10.1. The second-order valence-corrected chi connectivity index (χ2v) is 5.72. The number of nitrogens with zero attached hydrogens (tertiary/aromatic N) is 1. The van der Waals surface area contributed by atoms with Gasteiger partial charge >= 0.3 is 6.18 Å². The van der Waals surface area contributed by atoms with Gasteiger partial charge in [-0.05, 0) is 30.2 Å². The summed E-state index contributed by atoms with van der Waals surface area (Å²) in [7, 11) is 0. The van der Waals surface area contributed by atoms with Crippen molar-refractivity contribution < 1.29 is 17.6 Å². The molecule has 0 saturated heterocycles. The smallest absolute Gasteiger partial charge is 0.416 e. The molecule has 0 aliphatic carbocycles. The van der Waals surface area contributed by atoms with E-state index in [1.807, 2.05) is 31.2 Å². The third-order valence-corrected chi connectivity index (χ3v) is 3.87. The van der Waals surface area contributed by atoms with E-state index < -0.39 is 11.7 Å². The Hall–Kier alpha value is -2.60. The van der Waals surface area contributed by atoms with E-state index in [1.54, 1.807) is 6.07 Å². The summed E-state index contributed by atoms with van der Waals surface area (Å²) >= 11 is 0. The van der Waals surface area contributed by atoms with Crippen LogP contribution in [0.3, 0.4) is 0 Å². The number of hydrogen-bond acceptors (Lipinski definition) is 3. The number of alkyl halides is 3. The third-order valence-electron chi connectivity index (χ3n) is 3.87. The van der Waals surface area contributed by atoms with Crippen LogP contribution in [0, 0.1) is 6.92 Å². The zero-order chi connectivity index (χ0) is 17.9. The second-order valence-electron chi connectivity index (χ2n) is 5.72. The molecule has 1 heterocycles. The van der Waals surface area contributed by atoms with Crippen LogP contribution in [0.25, 0.3) is 11.5 Å². The first-order valence-corrected chi connectivity index (χ1v) is 7.81. The molecule has 2 aromatic carbocycles. The zero-order valence-electron chi connectivity index (χ0n) is 13.6. The molecule has 0 saturated carbocycles. The lowest BCUT2D eigenvalue weighted by Gasteiger charge is -2.12. The fourth-order valence-corrected chi connectivity index (χ4v) is 2.60. The van der Waals surface area contributed by atoms with Gasteiger partial charge in [-0.1, -0.05) is 36.4 Å². The van der Waals surface area contributed by atoms with Crippen molar-refractivity contribution in [2.45, 2.75) is 26.2 Å². The van der Waals surface area contributed by atoms with E-state index in [2.05, 4.69) is 10.3 Å². The lowest BCUT2D eigenvalue weighted by molar-refractivity contribution is -0.138. The number of benzene rings is 2. The highest BCUT2D eigenvalue weighted by molar-refractivity contribution is 5.58.